The number of aliphatic hydroxyl groups is 1. The minimum Gasteiger partial charge on any atom is -0.383 e. The Labute approximate surface area is 85.3 Å². The van der Waals surface area contributed by atoms with Crippen molar-refractivity contribution in [2.24, 2.45) is 0 Å². The first-order chi connectivity index (χ1) is 6.29. The Morgan fingerprint density at radius 1 is 1.38 bits per heavy atom. The maximum absolute atomic E-state index is 9.97. The van der Waals surface area contributed by atoms with Crippen LogP contribution in [0.3, 0.4) is 0 Å². The van der Waals surface area contributed by atoms with Gasteiger partial charge in [0.15, 0.2) is 0 Å². The van der Waals surface area contributed by atoms with Gasteiger partial charge in [0, 0.05) is 4.88 Å². The number of aryl methyl sites for hydroxylation is 1. The zero-order chi connectivity index (χ0) is 9.26. The van der Waals surface area contributed by atoms with Gasteiger partial charge in [-0.15, -0.1) is 11.3 Å². The van der Waals surface area contributed by atoms with Crippen molar-refractivity contribution in [3.63, 3.8) is 0 Å². The summed E-state index contributed by atoms with van der Waals surface area (Å²) >= 11 is 3.23. The quantitative estimate of drug-likeness (QED) is 0.807. The largest absolute Gasteiger partial charge is 0.383 e. The third kappa shape index (κ3) is 1.68. The van der Waals surface area contributed by atoms with Gasteiger partial charge in [0.05, 0.1) is 0 Å². The van der Waals surface area contributed by atoms with Gasteiger partial charge in [-0.05, 0) is 40.3 Å². The zero-order valence-corrected chi connectivity index (χ0v) is 8.86. The van der Waals surface area contributed by atoms with Crippen LogP contribution in [-0.4, -0.2) is 5.11 Å². The maximum atomic E-state index is 9.97. The van der Waals surface area contributed by atoms with E-state index in [0.717, 1.165) is 10.4 Å². The Hall–Kier alpha value is -0.640. The third-order valence-corrected chi connectivity index (χ3v) is 3.81. The van der Waals surface area contributed by atoms with Crippen LogP contribution >= 0.6 is 22.7 Å². The van der Waals surface area contributed by atoms with Crippen LogP contribution in [0.5, 0.6) is 0 Å². The fraction of sp³-hybridized carbons (Fsp3) is 0.200. The standard InChI is InChI=1S/C10H10OS2/c1-7-5-12-6-8(7)10(11)9-3-2-4-13-9/h2-6,10-11H,1H3. The topological polar surface area (TPSA) is 20.2 Å². The van der Waals surface area contributed by atoms with Crippen LogP contribution in [0, 0.1) is 6.92 Å². The molecule has 0 saturated heterocycles. The van der Waals surface area contributed by atoms with Gasteiger partial charge >= 0.3 is 0 Å². The van der Waals surface area contributed by atoms with Crippen molar-refractivity contribution in [1.29, 1.82) is 0 Å². The Balaban J connectivity index is 2.33. The summed E-state index contributed by atoms with van der Waals surface area (Å²) in [5, 5.41) is 16.0. The lowest BCUT2D eigenvalue weighted by Crippen LogP contribution is -1.96. The van der Waals surface area contributed by atoms with Crippen molar-refractivity contribution >= 4 is 22.7 Å². The molecule has 0 fully saturated rings. The molecule has 0 amide bonds. The summed E-state index contributed by atoms with van der Waals surface area (Å²) in [6.07, 6.45) is -0.439. The van der Waals surface area contributed by atoms with Crippen LogP contribution in [0.25, 0.3) is 0 Å². The van der Waals surface area contributed by atoms with Crippen molar-refractivity contribution in [2.75, 3.05) is 0 Å². The van der Waals surface area contributed by atoms with Crippen LogP contribution in [0.15, 0.2) is 28.3 Å². The van der Waals surface area contributed by atoms with Gasteiger partial charge in [0.1, 0.15) is 6.10 Å². The van der Waals surface area contributed by atoms with Gasteiger partial charge in [-0.3, -0.25) is 0 Å². The lowest BCUT2D eigenvalue weighted by molar-refractivity contribution is 0.224. The van der Waals surface area contributed by atoms with Crippen molar-refractivity contribution in [3.05, 3.63) is 44.3 Å². The number of rotatable bonds is 2. The van der Waals surface area contributed by atoms with Crippen LogP contribution in [0.1, 0.15) is 22.1 Å². The lowest BCUT2D eigenvalue weighted by Gasteiger charge is -2.07. The molecule has 0 aliphatic carbocycles. The molecule has 2 aromatic rings. The average molecular weight is 210 g/mol. The number of hydrogen-bond donors (Lipinski definition) is 1. The summed E-state index contributed by atoms with van der Waals surface area (Å²) in [6.45, 7) is 2.03. The van der Waals surface area contributed by atoms with Crippen molar-refractivity contribution in [3.8, 4) is 0 Å². The molecule has 0 saturated carbocycles. The molecule has 1 unspecified atom stereocenters. The van der Waals surface area contributed by atoms with Gasteiger partial charge in [0.25, 0.3) is 0 Å². The molecule has 2 rings (SSSR count). The fourth-order valence-corrected chi connectivity index (χ4v) is 2.85. The van der Waals surface area contributed by atoms with E-state index in [-0.39, 0.29) is 0 Å². The highest BCUT2D eigenvalue weighted by atomic mass is 32.1. The van der Waals surface area contributed by atoms with E-state index in [1.807, 2.05) is 29.8 Å². The average Bonchev–Trinajstić information content (AvgIpc) is 2.72. The molecule has 0 radical (unpaired) electrons. The van der Waals surface area contributed by atoms with Gasteiger partial charge in [-0.25, -0.2) is 0 Å². The molecule has 0 spiro atoms. The third-order valence-electron chi connectivity index (χ3n) is 2.00. The van der Waals surface area contributed by atoms with E-state index >= 15 is 0 Å². The smallest absolute Gasteiger partial charge is 0.114 e. The highest BCUT2D eigenvalue weighted by Crippen LogP contribution is 2.29. The maximum Gasteiger partial charge on any atom is 0.114 e. The Morgan fingerprint density at radius 3 is 2.77 bits per heavy atom. The van der Waals surface area contributed by atoms with E-state index in [1.165, 1.54) is 5.56 Å². The molecular formula is C10H10OS2. The molecule has 2 aromatic heterocycles. The van der Waals surface area contributed by atoms with E-state index < -0.39 is 6.10 Å². The van der Waals surface area contributed by atoms with Crippen LogP contribution < -0.4 is 0 Å². The number of aliphatic hydroxyl groups excluding tert-OH is 1. The van der Waals surface area contributed by atoms with E-state index in [2.05, 4.69) is 5.38 Å². The van der Waals surface area contributed by atoms with Gasteiger partial charge in [0.2, 0.25) is 0 Å². The second-order valence-corrected chi connectivity index (χ2v) is 4.65. The first-order valence-corrected chi connectivity index (χ1v) is 5.85. The minimum absolute atomic E-state index is 0.439. The normalized spacial score (nSPS) is 13.1. The predicted octanol–water partition coefficient (Wildman–Crippen LogP) is 3.20. The van der Waals surface area contributed by atoms with Crippen LogP contribution in [0.4, 0.5) is 0 Å². The zero-order valence-electron chi connectivity index (χ0n) is 7.23. The monoisotopic (exact) mass is 210 g/mol. The molecule has 3 heteroatoms. The number of thiophene rings is 2. The summed E-state index contributed by atoms with van der Waals surface area (Å²) in [5.74, 6) is 0. The first-order valence-electron chi connectivity index (χ1n) is 4.03. The minimum atomic E-state index is -0.439. The van der Waals surface area contributed by atoms with Crippen molar-refractivity contribution in [2.45, 2.75) is 13.0 Å². The first kappa shape index (κ1) is 8.94. The number of hydrogen-bond acceptors (Lipinski definition) is 3. The summed E-state index contributed by atoms with van der Waals surface area (Å²) in [4.78, 5) is 1.02. The fourth-order valence-electron chi connectivity index (χ4n) is 1.25. The lowest BCUT2D eigenvalue weighted by atomic mass is 10.1. The van der Waals surface area contributed by atoms with Crippen molar-refractivity contribution < 1.29 is 5.11 Å². The van der Waals surface area contributed by atoms with Gasteiger partial charge < -0.3 is 5.11 Å². The predicted molar refractivity (Wildman–Crippen MR) is 57.4 cm³/mol. The van der Waals surface area contributed by atoms with E-state index in [4.69, 9.17) is 0 Å². The van der Waals surface area contributed by atoms with E-state index in [9.17, 15) is 5.11 Å². The molecule has 0 bridgehead atoms. The molecule has 13 heavy (non-hydrogen) atoms. The van der Waals surface area contributed by atoms with Gasteiger partial charge in [-0.2, -0.15) is 11.3 Å². The Bertz CT molecular complexity index is 375. The molecule has 0 aromatic carbocycles. The summed E-state index contributed by atoms with van der Waals surface area (Å²) in [7, 11) is 0. The Kier molecular flexibility index (Phi) is 2.49. The highest BCUT2D eigenvalue weighted by Gasteiger charge is 2.13. The second-order valence-electron chi connectivity index (χ2n) is 2.93. The molecule has 1 atom stereocenters. The Morgan fingerprint density at radius 2 is 2.23 bits per heavy atom. The molecular weight excluding hydrogens is 200 g/mol. The highest BCUT2D eigenvalue weighted by molar-refractivity contribution is 7.10. The van der Waals surface area contributed by atoms with Gasteiger partial charge in [-0.1, -0.05) is 6.07 Å². The molecule has 1 N–H and O–H groups in total. The van der Waals surface area contributed by atoms with Crippen LogP contribution in [0.2, 0.25) is 0 Å². The molecule has 68 valence electrons. The van der Waals surface area contributed by atoms with Crippen molar-refractivity contribution in [1.82, 2.24) is 0 Å². The summed E-state index contributed by atoms with van der Waals surface area (Å²) < 4.78 is 0. The molecule has 1 nitrogen and oxygen atoms in total. The van der Waals surface area contributed by atoms with Crippen LogP contribution in [-0.2, 0) is 0 Å². The summed E-state index contributed by atoms with van der Waals surface area (Å²) in [6, 6.07) is 3.93. The molecule has 0 aliphatic rings. The molecule has 2 heterocycles. The second kappa shape index (κ2) is 3.62. The molecule has 0 aliphatic heterocycles. The summed E-state index contributed by atoms with van der Waals surface area (Å²) in [5.41, 5.74) is 2.21. The van der Waals surface area contributed by atoms with E-state index in [0.29, 0.717) is 0 Å². The van der Waals surface area contributed by atoms with E-state index in [1.54, 1.807) is 22.7 Å². The SMILES string of the molecule is Cc1cscc1C(O)c1cccs1.